The van der Waals surface area contributed by atoms with E-state index in [0.717, 1.165) is 47.4 Å². The van der Waals surface area contributed by atoms with Gasteiger partial charge in [-0.3, -0.25) is 4.99 Å². The molecule has 1 fully saturated rings. The second-order valence-corrected chi connectivity index (χ2v) is 13.5. The number of nitrogens with zero attached hydrogens (tertiary/aromatic N) is 4. The number of amides is 1. The Hall–Kier alpha value is -4.18. The van der Waals surface area contributed by atoms with Crippen molar-refractivity contribution in [2.24, 2.45) is 10.4 Å². The van der Waals surface area contributed by atoms with E-state index >= 15 is 4.39 Å². The Labute approximate surface area is 276 Å². The molecule has 0 saturated carbocycles. The number of aliphatic imine (C=N–C) groups is 1. The lowest BCUT2D eigenvalue weighted by molar-refractivity contribution is 0.0101. The maximum atomic E-state index is 15.3. The Morgan fingerprint density at radius 2 is 1.87 bits per heavy atom. The summed E-state index contributed by atoms with van der Waals surface area (Å²) in [6.45, 7) is 21.4. The van der Waals surface area contributed by atoms with Gasteiger partial charge in [0.15, 0.2) is 0 Å². The fourth-order valence-electron chi connectivity index (χ4n) is 5.83. The van der Waals surface area contributed by atoms with Crippen LogP contribution in [0, 0.1) is 22.6 Å². The molecule has 1 saturated heterocycles. The highest BCUT2D eigenvalue weighted by Crippen LogP contribution is 2.37. The Morgan fingerprint density at radius 1 is 1.20 bits per heavy atom. The molecule has 0 aromatic heterocycles. The van der Waals surface area contributed by atoms with Crippen LogP contribution in [0.1, 0.15) is 86.6 Å². The molecule has 0 unspecified atom stereocenters. The van der Waals surface area contributed by atoms with Gasteiger partial charge in [-0.2, -0.15) is 5.26 Å². The minimum atomic E-state index is -0.563. The predicted octanol–water partition coefficient (Wildman–Crippen LogP) is 9.56. The third-order valence-electron chi connectivity index (χ3n) is 8.25. The summed E-state index contributed by atoms with van der Waals surface area (Å²) in [6, 6.07) is 9.15. The SMILES string of the molecule is C=CN=C(CCCC/C(C)=C/C(C#N)=C\C1(C)C=C1)C(/C(=C\C)c1ccccc1F)=C(\C)N1CCN(C(=O)OC(C)(C)C)C[C@@H]1C. The van der Waals surface area contributed by atoms with Gasteiger partial charge < -0.3 is 14.5 Å². The van der Waals surface area contributed by atoms with Gasteiger partial charge in [-0.25, -0.2) is 9.18 Å². The van der Waals surface area contributed by atoms with E-state index in [0.29, 0.717) is 37.2 Å². The molecule has 0 bridgehead atoms. The summed E-state index contributed by atoms with van der Waals surface area (Å²) in [5, 5.41) is 9.60. The van der Waals surface area contributed by atoms with E-state index in [1.54, 1.807) is 23.2 Å². The zero-order valence-corrected chi connectivity index (χ0v) is 29.0. The smallest absolute Gasteiger partial charge is 0.410 e. The van der Waals surface area contributed by atoms with E-state index in [1.807, 2.05) is 52.0 Å². The van der Waals surface area contributed by atoms with Gasteiger partial charge in [0, 0.05) is 65.4 Å². The van der Waals surface area contributed by atoms with Crippen molar-refractivity contribution in [1.29, 1.82) is 5.26 Å². The zero-order valence-electron chi connectivity index (χ0n) is 29.0. The molecule has 1 aliphatic heterocycles. The van der Waals surface area contributed by atoms with E-state index < -0.39 is 5.60 Å². The van der Waals surface area contributed by atoms with Crippen LogP contribution in [0.2, 0.25) is 0 Å². The first-order valence-electron chi connectivity index (χ1n) is 16.3. The standard InChI is InChI=1S/C39H51FN4O2/c1-10-32(33-17-13-14-18-34(33)40)36(30(5)44-23-22-43(27-29(44)4)37(45)46-38(6,7)8)35(42-11-2)19-15-12-16-28(3)24-31(26-41)25-39(9)20-21-39/h10-11,13-14,17-18,20-21,24-25,29H,2,12,15-16,19,22-23,27H2,1,3-9H3/b28-24+,31-25+,32-10-,36-30+,42-35?/t29-/m0/s1. The van der Waals surface area contributed by atoms with Crippen molar-refractivity contribution in [3.8, 4) is 6.07 Å². The number of carbonyl (C=O) groups excluding carboxylic acids is 1. The molecule has 0 spiro atoms. The van der Waals surface area contributed by atoms with Gasteiger partial charge in [-0.1, -0.05) is 54.7 Å². The van der Waals surface area contributed by atoms with Gasteiger partial charge >= 0.3 is 6.09 Å². The number of carbonyl (C=O) groups is 1. The van der Waals surface area contributed by atoms with E-state index in [9.17, 15) is 10.1 Å². The van der Waals surface area contributed by atoms with Gasteiger partial charge in [0.25, 0.3) is 0 Å². The van der Waals surface area contributed by atoms with Crippen molar-refractivity contribution in [2.75, 3.05) is 19.6 Å². The first-order chi connectivity index (χ1) is 21.7. The first-order valence-corrected chi connectivity index (χ1v) is 16.3. The lowest BCUT2D eigenvalue weighted by Crippen LogP contribution is -2.54. The van der Waals surface area contributed by atoms with Crippen LogP contribution < -0.4 is 0 Å². The van der Waals surface area contributed by atoms with Crippen molar-refractivity contribution in [2.45, 2.75) is 92.7 Å². The Balaban J connectivity index is 1.89. The lowest BCUT2D eigenvalue weighted by Gasteiger charge is -2.42. The van der Waals surface area contributed by atoms with E-state index in [1.165, 1.54) is 6.07 Å². The minimum absolute atomic E-state index is 0.00301. The molecule has 7 heteroatoms. The minimum Gasteiger partial charge on any atom is -0.444 e. The molecule has 246 valence electrons. The quantitative estimate of drug-likeness (QED) is 0.0762. The Bertz CT molecular complexity index is 1510. The van der Waals surface area contributed by atoms with Crippen molar-refractivity contribution in [3.63, 3.8) is 0 Å². The third kappa shape index (κ3) is 10.2. The summed E-state index contributed by atoms with van der Waals surface area (Å²) in [5.41, 5.74) is 5.22. The number of piperazine rings is 1. The van der Waals surface area contributed by atoms with Crippen molar-refractivity contribution in [3.05, 3.63) is 101 Å². The fraction of sp³-hybridized carbons (Fsp3) is 0.462. The van der Waals surface area contributed by atoms with E-state index in [2.05, 4.69) is 57.4 Å². The van der Waals surface area contributed by atoms with E-state index in [-0.39, 0.29) is 23.4 Å². The number of ether oxygens (including phenoxy) is 1. The molecule has 1 heterocycles. The molecular formula is C39H51FN4O2. The summed E-state index contributed by atoms with van der Waals surface area (Å²) in [4.78, 5) is 21.7. The maximum absolute atomic E-state index is 15.3. The summed E-state index contributed by atoms with van der Waals surface area (Å²) in [6.07, 6.45) is 14.7. The number of nitriles is 1. The summed E-state index contributed by atoms with van der Waals surface area (Å²) in [5.74, 6) is -0.293. The highest BCUT2D eigenvalue weighted by atomic mass is 19.1. The van der Waals surface area contributed by atoms with E-state index in [4.69, 9.17) is 9.73 Å². The van der Waals surface area contributed by atoms with Crippen LogP contribution in [0.3, 0.4) is 0 Å². The predicted molar refractivity (Wildman–Crippen MR) is 188 cm³/mol. The van der Waals surface area contributed by atoms with Gasteiger partial charge in [0.05, 0.1) is 6.07 Å². The molecule has 46 heavy (non-hydrogen) atoms. The van der Waals surface area contributed by atoms with Crippen LogP contribution in [-0.4, -0.2) is 52.9 Å². The molecule has 3 rings (SSSR count). The first kappa shape index (κ1) is 36.3. The topological polar surface area (TPSA) is 68.9 Å². The average molecular weight is 627 g/mol. The monoisotopic (exact) mass is 626 g/mol. The van der Waals surface area contributed by atoms with Gasteiger partial charge in [-0.05, 0) is 98.8 Å². The average Bonchev–Trinajstić information content (AvgIpc) is 3.72. The number of rotatable bonds is 12. The van der Waals surface area contributed by atoms with Crippen LogP contribution in [0.5, 0.6) is 0 Å². The van der Waals surface area contributed by atoms with Crippen LogP contribution in [0.4, 0.5) is 9.18 Å². The molecule has 0 N–H and O–H groups in total. The molecule has 0 radical (unpaired) electrons. The number of hydrogen-bond acceptors (Lipinski definition) is 5. The summed E-state index contributed by atoms with van der Waals surface area (Å²) < 4.78 is 20.9. The lowest BCUT2D eigenvalue weighted by atomic mass is 9.89. The normalized spacial score (nSPS) is 19.4. The molecular weight excluding hydrogens is 575 g/mol. The summed E-state index contributed by atoms with van der Waals surface area (Å²) >= 11 is 0. The molecule has 1 atom stereocenters. The largest absolute Gasteiger partial charge is 0.444 e. The zero-order chi connectivity index (χ0) is 34.1. The maximum Gasteiger partial charge on any atom is 0.410 e. The number of hydrogen-bond donors (Lipinski definition) is 0. The highest BCUT2D eigenvalue weighted by molar-refractivity contribution is 6.14. The van der Waals surface area contributed by atoms with Crippen LogP contribution in [0.15, 0.2) is 94.8 Å². The Morgan fingerprint density at radius 3 is 2.43 bits per heavy atom. The van der Waals surface area contributed by atoms with Gasteiger partial charge in [0.1, 0.15) is 11.4 Å². The second kappa shape index (κ2) is 15.9. The van der Waals surface area contributed by atoms with Gasteiger partial charge in [0.2, 0.25) is 0 Å². The highest BCUT2D eigenvalue weighted by Gasteiger charge is 2.32. The molecule has 1 aliphatic carbocycles. The van der Waals surface area contributed by atoms with Crippen LogP contribution in [-0.2, 0) is 4.74 Å². The molecule has 1 aromatic rings. The van der Waals surface area contributed by atoms with Gasteiger partial charge in [-0.15, -0.1) is 0 Å². The van der Waals surface area contributed by atoms with Crippen molar-refractivity contribution >= 4 is 17.4 Å². The molecule has 1 amide bonds. The molecule has 6 nitrogen and oxygen atoms in total. The number of unbranched alkanes of at least 4 members (excludes halogenated alkanes) is 1. The van der Waals surface area contributed by atoms with Crippen molar-refractivity contribution < 1.29 is 13.9 Å². The second-order valence-electron chi connectivity index (χ2n) is 13.5. The molecule has 2 aliphatic rings. The van der Waals surface area contributed by atoms with Crippen LogP contribution >= 0.6 is 0 Å². The summed E-state index contributed by atoms with van der Waals surface area (Å²) in [7, 11) is 0. The molecule has 1 aromatic carbocycles. The Kier molecular flexibility index (Phi) is 12.5. The fourth-order valence-corrected chi connectivity index (χ4v) is 5.83. The third-order valence-corrected chi connectivity index (χ3v) is 8.25. The van der Waals surface area contributed by atoms with Crippen LogP contribution in [0.25, 0.3) is 5.57 Å². The number of allylic oxidation sites excluding steroid dienone is 10. The number of benzene rings is 1. The number of halogens is 1. The van der Waals surface area contributed by atoms with Crippen molar-refractivity contribution in [1.82, 2.24) is 9.80 Å².